The highest BCUT2D eigenvalue weighted by Crippen LogP contribution is 2.25. The lowest BCUT2D eigenvalue weighted by Gasteiger charge is -2.11. The van der Waals surface area contributed by atoms with Crippen molar-refractivity contribution in [3.63, 3.8) is 0 Å². The average molecular weight is 210 g/mol. The minimum atomic E-state index is -0.395. The molecule has 1 aromatic carbocycles. The molecule has 0 heterocycles. The summed E-state index contributed by atoms with van der Waals surface area (Å²) in [4.78, 5) is 0. The Morgan fingerprint density at radius 1 is 1.53 bits per heavy atom. The molecule has 0 atom stereocenters. The SMILES string of the molecule is CCOc1c(F)cc(C)cc1CC(=N)N. The maximum atomic E-state index is 13.5. The molecular weight excluding hydrogens is 195 g/mol. The number of nitrogens with two attached hydrogens (primary N) is 1. The summed E-state index contributed by atoms with van der Waals surface area (Å²) < 4.78 is 18.7. The van der Waals surface area contributed by atoms with E-state index in [1.54, 1.807) is 19.9 Å². The summed E-state index contributed by atoms with van der Waals surface area (Å²) >= 11 is 0. The molecule has 4 heteroatoms. The lowest BCUT2D eigenvalue weighted by Crippen LogP contribution is -2.14. The minimum Gasteiger partial charge on any atom is -0.491 e. The predicted molar refractivity (Wildman–Crippen MR) is 57.9 cm³/mol. The van der Waals surface area contributed by atoms with Crippen LogP contribution in [-0.2, 0) is 6.42 Å². The number of ether oxygens (including phenoxy) is 1. The molecule has 3 nitrogen and oxygen atoms in total. The molecule has 0 saturated carbocycles. The van der Waals surface area contributed by atoms with Gasteiger partial charge in [0.2, 0.25) is 0 Å². The van der Waals surface area contributed by atoms with E-state index in [2.05, 4.69) is 0 Å². The van der Waals surface area contributed by atoms with Crippen LogP contribution in [0.1, 0.15) is 18.1 Å². The summed E-state index contributed by atoms with van der Waals surface area (Å²) in [7, 11) is 0. The van der Waals surface area contributed by atoms with Gasteiger partial charge in [-0.1, -0.05) is 6.07 Å². The third-order valence-electron chi connectivity index (χ3n) is 1.93. The molecule has 0 radical (unpaired) electrons. The second kappa shape index (κ2) is 4.77. The van der Waals surface area contributed by atoms with Gasteiger partial charge in [0.25, 0.3) is 0 Å². The molecule has 0 bridgehead atoms. The Kier molecular flexibility index (Phi) is 3.66. The van der Waals surface area contributed by atoms with E-state index in [0.717, 1.165) is 5.56 Å². The van der Waals surface area contributed by atoms with Crippen LogP contribution in [-0.4, -0.2) is 12.4 Å². The van der Waals surface area contributed by atoms with Crippen molar-refractivity contribution in [3.05, 3.63) is 29.1 Å². The average Bonchev–Trinajstić information content (AvgIpc) is 2.10. The molecule has 0 aliphatic rings. The van der Waals surface area contributed by atoms with E-state index >= 15 is 0 Å². The molecule has 82 valence electrons. The summed E-state index contributed by atoms with van der Waals surface area (Å²) in [6.07, 6.45) is 0.216. The molecular formula is C11H15FN2O. The van der Waals surface area contributed by atoms with E-state index in [1.807, 2.05) is 0 Å². The molecule has 0 aliphatic carbocycles. The topological polar surface area (TPSA) is 59.1 Å². The molecule has 15 heavy (non-hydrogen) atoms. The largest absolute Gasteiger partial charge is 0.491 e. The second-order valence-corrected chi connectivity index (χ2v) is 3.37. The van der Waals surface area contributed by atoms with Gasteiger partial charge in [-0.2, -0.15) is 0 Å². The first-order valence-corrected chi connectivity index (χ1v) is 4.79. The first kappa shape index (κ1) is 11.5. The second-order valence-electron chi connectivity index (χ2n) is 3.37. The number of hydrogen-bond acceptors (Lipinski definition) is 2. The van der Waals surface area contributed by atoms with Crippen LogP contribution < -0.4 is 10.5 Å². The third kappa shape index (κ3) is 2.94. The molecule has 0 amide bonds. The Balaban J connectivity index is 3.13. The Labute approximate surface area is 88.6 Å². The lowest BCUT2D eigenvalue weighted by atomic mass is 10.1. The molecule has 0 unspecified atom stereocenters. The fraction of sp³-hybridized carbons (Fsp3) is 0.364. The Morgan fingerprint density at radius 2 is 2.20 bits per heavy atom. The van der Waals surface area contributed by atoms with E-state index in [-0.39, 0.29) is 18.0 Å². The summed E-state index contributed by atoms with van der Waals surface area (Å²) in [5.41, 5.74) is 6.72. The first-order chi connectivity index (χ1) is 7.04. The molecule has 0 aromatic heterocycles. The van der Waals surface area contributed by atoms with E-state index in [1.165, 1.54) is 6.07 Å². The van der Waals surface area contributed by atoms with E-state index in [9.17, 15) is 4.39 Å². The number of aryl methyl sites for hydroxylation is 1. The van der Waals surface area contributed by atoms with Crippen LogP contribution >= 0.6 is 0 Å². The van der Waals surface area contributed by atoms with Crippen molar-refractivity contribution < 1.29 is 9.13 Å². The van der Waals surface area contributed by atoms with Crippen LogP contribution in [0.3, 0.4) is 0 Å². The van der Waals surface area contributed by atoms with Crippen molar-refractivity contribution in [3.8, 4) is 5.75 Å². The Morgan fingerprint density at radius 3 is 2.73 bits per heavy atom. The van der Waals surface area contributed by atoms with E-state index < -0.39 is 5.82 Å². The van der Waals surface area contributed by atoms with Gasteiger partial charge in [0.1, 0.15) is 0 Å². The number of amidine groups is 1. The van der Waals surface area contributed by atoms with Gasteiger partial charge in [-0.05, 0) is 25.5 Å². The van der Waals surface area contributed by atoms with Crippen LogP contribution in [0.4, 0.5) is 4.39 Å². The zero-order chi connectivity index (χ0) is 11.4. The van der Waals surface area contributed by atoms with Crippen LogP contribution in [0.5, 0.6) is 5.75 Å². The number of hydrogen-bond donors (Lipinski definition) is 2. The maximum Gasteiger partial charge on any atom is 0.165 e. The van der Waals surface area contributed by atoms with E-state index in [0.29, 0.717) is 12.2 Å². The van der Waals surface area contributed by atoms with Gasteiger partial charge in [0.15, 0.2) is 11.6 Å². The standard InChI is InChI=1S/C11H15FN2O/c1-3-15-11-8(6-10(13)14)4-7(2)5-9(11)12/h4-5H,3,6H2,1-2H3,(H3,13,14). The van der Waals surface area contributed by atoms with Crippen LogP contribution in [0, 0.1) is 18.2 Å². The van der Waals surface area contributed by atoms with Crippen LogP contribution in [0.2, 0.25) is 0 Å². The van der Waals surface area contributed by atoms with Crippen LogP contribution in [0.25, 0.3) is 0 Å². The normalized spacial score (nSPS) is 10.1. The van der Waals surface area contributed by atoms with Gasteiger partial charge in [-0.25, -0.2) is 4.39 Å². The Bertz CT molecular complexity index is 377. The predicted octanol–water partition coefficient (Wildman–Crippen LogP) is 2.01. The summed E-state index contributed by atoms with van der Waals surface area (Å²) in [6.45, 7) is 3.98. The summed E-state index contributed by atoms with van der Waals surface area (Å²) in [6, 6.07) is 3.20. The molecule has 0 spiro atoms. The fourth-order valence-electron chi connectivity index (χ4n) is 1.44. The summed E-state index contributed by atoms with van der Waals surface area (Å²) in [5, 5.41) is 7.20. The fourth-order valence-corrected chi connectivity index (χ4v) is 1.44. The monoisotopic (exact) mass is 210 g/mol. The number of nitrogens with one attached hydrogen (secondary N) is 1. The maximum absolute atomic E-state index is 13.5. The molecule has 1 rings (SSSR count). The van der Waals surface area contributed by atoms with Crippen LogP contribution in [0.15, 0.2) is 12.1 Å². The van der Waals surface area contributed by atoms with Crippen molar-refractivity contribution in [2.45, 2.75) is 20.3 Å². The van der Waals surface area contributed by atoms with Gasteiger partial charge in [0.05, 0.1) is 12.4 Å². The van der Waals surface area contributed by atoms with Gasteiger partial charge < -0.3 is 10.5 Å². The first-order valence-electron chi connectivity index (χ1n) is 4.79. The van der Waals surface area contributed by atoms with Crippen molar-refractivity contribution in [2.75, 3.05) is 6.61 Å². The molecule has 3 N–H and O–H groups in total. The summed E-state index contributed by atoms with van der Waals surface area (Å²) in [5.74, 6) is -0.188. The van der Waals surface area contributed by atoms with Gasteiger partial charge in [-0.15, -0.1) is 0 Å². The minimum absolute atomic E-state index is 0.000882. The highest BCUT2D eigenvalue weighted by molar-refractivity contribution is 5.80. The lowest BCUT2D eigenvalue weighted by molar-refractivity contribution is 0.318. The number of benzene rings is 1. The highest BCUT2D eigenvalue weighted by atomic mass is 19.1. The number of halogens is 1. The quantitative estimate of drug-likeness (QED) is 0.590. The Hall–Kier alpha value is -1.58. The third-order valence-corrected chi connectivity index (χ3v) is 1.93. The molecule has 0 fully saturated rings. The van der Waals surface area contributed by atoms with Crippen molar-refractivity contribution in [2.24, 2.45) is 5.73 Å². The van der Waals surface area contributed by atoms with E-state index in [4.69, 9.17) is 15.9 Å². The smallest absolute Gasteiger partial charge is 0.165 e. The van der Waals surface area contributed by atoms with Gasteiger partial charge in [0, 0.05) is 12.0 Å². The zero-order valence-electron chi connectivity index (χ0n) is 8.93. The zero-order valence-corrected chi connectivity index (χ0v) is 8.93. The van der Waals surface area contributed by atoms with Gasteiger partial charge >= 0.3 is 0 Å². The molecule has 1 aromatic rings. The van der Waals surface area contributed by atoms with Crippen molar-refractivity contribution >= 4 is 5.84 Å². The number of rotatable bonds is 4. The molecule has 0 saturated heterocycles. The van der Waals surface area contributed by atoms with Gasteiger partial charge in [-0.3, -0.25) is 5.41 Å². The highest BCUT2D eigenvalue weighted by Gasteiger charge is 2.11. The van der Waals surface area contributed by atoms with Crippen molar-refractivity contribution in [1.29, 1.82) is 5.41 Å². The molecule has 0 aliphatic heterocycles. The van der Waals surface area contributed by atoms with Crippen molar-refractivity contribution in [1.82, 2.24) is 0 Å².